The minimum atomic E-state index is -0.153. The van der Waals surface area contributed by atoms with Crippen LogP contribution in [-0.4, -0.2) is 5.97 Å². The van der Waals surface area contributed by atoms with Crippen LogP contribution in [0.5, 0.6) is 0 Å². The van der Waals surface area contributed by atoms with Crippen molar-refractivity contribution in [2.45, 2.75) is 33.6 Å². The first-order valence-electron chi connectivity index (χ1n) is 6.17. The number of furan rings is 1. The van der Waals surface area contributed by atoms with Gasteiger partial charge in [0, 0.05) is 12.8 Å². The number of ether oxygens (including phenoxy) is 1. The third-order valence-corrected chi connectivity index (χ3v) is 3.10. The molecule has 1 unspecified atom stereocenters. The first-order chi connectivity index (χ1) is 8.56. The van der Waals surface area contributed by atoms with E-state index in [-0.39, 0.29) is 11.9 Å². The highest BCUT2D eigenvalue weighted by Gasteiger charge is 2.22. The Morgan fingerprint density at radius 1 is 1.50 bits per heavy atom. The zero-order valence-electron chi connectivity index (χ0n) is 11.0. The van der Waals surface area contributed by atoms with Gasteiger partial charge in [0.25, 0.3) is 0 Å². The molecule has 0 saturated heterocycles. The molecule has 1 aliphatic rings. The number of carbonyl (C=O) groups excluding carboxylic acids is 1. The van der Waals surface area contributed by atoms with Crippen LogP contribution in [0.3, 0.4) is 0 Å². The van der Waals surface area contributed by atoms with E-state index in [9.17, 15) is 4.79 Å². The van der Waals surface area contributed by atoms with Crippen LogP contribution in [0.25, 0.3) is 0 Å². The minimum absolute atomic E-state index is 0.111. The van der Waals surface area contributed by atoms with Crippen LogP contribution < -0.4 is 0 Å². The third-order valence-electron chi connectivity index (χ3n) is 3.10. The fourth-order valence-corrected chi connectivity index (χ4v) is 1.93. The van der Waals surface area contributed by atoms with E-state index in [2.05, 4.69) is 6.08 Å². The maximum atomic E-state index is 11.2. The molecule has 0 amide bonds. The maximum absolute atomic E-state index is 11.2. The molecule has 0 saturated carbocycles. The second-order valence-electron chi connectivity index (χ2n) is 4.80. The van der Waals surface area contributed by atoms with Gasteiger partial charge in [-0.25, -0.2) is 0 Å². The molecule has 0 N–H and O–H groups in total. The van der Waals surface area contributed by atoms with Crippen LogP contribution in [0.15, 0.2) is 40.2 Å². The molecule has 2 rings (SSSR count). The zero-order chi connectivity index (χ0) is 13.1. The molecule has 96 valence electrons. The standard InChI is InChI=1S/C15H18O3/c1-10(4-5-14-11(2)6-7-17-14)8-13-9-12(3)15(16)18-13/h4,6-7,9,12H,5,8H2,1-3H3/b10-4+. The molecular weight excluding hydrogens is 228 g/mol. The lowest BCUT2D eigenvalue weighted by atomic mass is 10.1. The van der Waals surface area contributed by atoms with Crippen molar-refractivity contribution in [1.29, 1.82) is 0 Å². The Morgan fingerprint density at radius 2 is 2.28 bits per heavy atom. The SMILES string of the molecule is C/C(=C\Cc1occc1C)CC1=CC(C)C(=O)O1. The average molecular weight is 246 g/mol. The molecule has 0 radical (unpaired) electrons. The summed E-state index contributed by atoms with van der Waals surface area (Å²) in [6.07, 6.45) is 7.18. The monoisotopic (exact) mass is 246 g/mol. The Hall–Kier alpha value is -1.77. The second kappa shape index (κ2) is 5.25. The molecule has 1 aromatic rings. The van der Waals surface area contributed by atoms with E-state index < -0.39 is 0 Å². The molecule has 3 heteroatoms. The van der Waals surface area contributed by atoms with E-state index in [0.29, 0.717) is 6.42 Å². The summed E-state index contributed by atoms with van der Waals surface area (Å²) in [4.78, 5) is 11.2. The van der Waals surface area contributed by atoms with Gasteiger partial charge in [0.2, 0.25) is 0 Å². The smallest absolute Gasteiger partial charge is 0.317 e. The van der Waals surface area contributed by atoms with Gasteiger partial charge in [0.1, 0.15) is 11.5 Å². The highest BCUT2D eigenvalue weighted by molar-refractivity contribution is 5.77. The molecule has 0 aliphatic carbocycles. The lowest BCUT2D eigenvalue weighted by Gasteiger charge is -2.02. The summed E-state index contributed by atoms with van der Waals surface area (Å²) in [7, 11) is 0. The molecule has 2 heterocycles. The van der Waals surface area contributed by atoms with Gasteiger partial charge < -0.3 is 9.15 Å². The van der Waals surface area contributed by atoms with E-state index in [4.69, 9.17) is 9.15 Å². The number of cyclic esters (lactones) is 1. The Balaban J connectivity index is 1.92. The Labute approximate surface area is 107 Å². The lowest BCUT2D eigenvalue weighted by molar-refractivity contribution is -0.139. The zero-order valence-corrected chi connectivity index (χ0v) is 11.0. The van der Waals surface area contributed by atoms with Crippen molar-refractivity contribution >= 4 is 5.97 Å². The molecule has 0 spiro atoms. The maximum Gasteiger partial charge on any atom is 0.317 e. The minimum Gasteiger partial charge on any atom is -0.469 e. The summed E-state index contributed by atoms with van der Waals surface area (Å²) in [5.41, 5.74) is 2.35. The molecule has 0 aromatic carbocycles. The average Bonchev–Trinajstić information content (AvgIpc) is 2.84. The van der Waals surface area contributed by atoms with Gasteiger partial charge in [0.15, 0.2) is 0 Å². The summed E-state index contributed by atoms with van der Waals surface area (Å²) in [5, 5.41) is 0. The van der Waals surface area contributed by atoms with Crippen LogP contribution in [-0.2, 0) is 16.0 Å². The predicted molar refractivity (Wildman–Crippen MR) is 68.9 cm³/mol. The number of rotatable bonds is 4. The Kier molecular flexibility index (Phi) is 3.70. The second-order valence-corrected chi connectivity index (χ2v) is 4.80. The number of carbonyl (C=O) groups is 1. The first kappa shape index (κ1) is 12.7. The van der Waals surface area contributed by atoms with Crippen molar-refractivity contribution in [3.63, 3.8) is 0 Å². The van der Waals surface area contributed by atoms with E-state index in [1.54, 1.807) is 6.26 Å². The normalized spacial score (nSPS) is 19.9. The van der Waals surface area contributed by atoms with Crippen LogP contribution in [0.1, 0.15) is 31.6 Å². The van der Waals surface area contributed by atoms with Gasteiger partial charge in [-0.05, 0) is 38.5 Å². The van der Waals surface area contributed by atoms with Gasteiger partial charge in [-0.15, -0.1) is 0 Å². The third kappa shape index (κ3) is 2.92. The number of hydrogen-bond donors (Lipinski definition) is 0. The topological polar surface area (TPSA) is 39.4 Å². The van der Waals surface area contributed by atoms with Crippen molar-refractivity contribution in [2.24, 2.45) is 5.92 Å². The first-order valence-corrected chi connectivity index (χ1v) is 6.17. The van der Waals surface area contributed by atoms with Gasteiger partial charge in [-0.3, -0.25) is 4.79 Å². The highest BCUT2D eigenvalue weighted by atomic mass is 16.5. The van der Waals surface area contributed by atoms with Crippen molar-refractivity contribution in [1.82, 2.24) is 0 Å². The van der Waals surface area contributed by atoms with Gasteiger partial charge in [0.05, 0.1) is 12.2 Å². The fraction of sp³-hybridized carbons (Fsp3) is 0.400. The van der Waals surface area contributed by atoms with Gasteiger partial charge >= 0.3 is 5.97 Å². The number of esters is 1. The summed E-state index contributed by atoms with van der Waals surface area (Å²) in [6.45, 7) is 5.92. The van der Waals surface area contributed by atoms with Gasteiger partial charge in [-0.1, -0.05) is 11.6 Å². The Bertz CT molecular complexity index is 506. The highest BCUT2D eigenvalue weighted by Crippen LogP contribution is 2.23. The summed E-state index contributed by atoms with van der Waals surface area (Å²) in [5.74, 6) is 1.48. The number of aryl methyl sites for hydroxylation is 1. The van der Waals surface area contributed by atoms with E-state index in [1.807, 2.05) is 32.9 Å². The van der Waals surface area contributed by atoms with Crippen molar-refractivity contribution < 1.29 is 13.9 Å². The predicted octanol–water partition coefficient (Wildman–Crippen LogP) is 3.54. The van der Waals surface area contributed by atoms with Crippen molar-refractivity contribution in [3.05, 3.63) is 47.1 Å². The summed E-state index contributed by atoms with van der Waals surface area (Å²) >= 11 is 0. The molecule has 1 atom stereocenters. The van der Waals surface area contributed by atoms with Crippen molar-refractivity contribution in [3.8, 4) is 0 Å². The molecule has 3 nitrogen and oxygen atoms in total. The molecule has 1 aromatic heterocycles. The van der Waals surface area contributed by atoms with E-state index in [1.165, 1.54) is 11.1 Å². The van der Waals surface area contributed by atoms with Crippen molar-refractivity contribution in [2.75, 3.05) is 0 Å². The van der Waals surface area contributed by atoms with Crippen LogP contribution in [0, 0.1) is 12.8 Å². The van der Waals surface area contributed by atoms with E-state index in [0.717, 1.165) is 17.9 Å². The molecule has 1 aliphatic heterocycles. The quantitative estimate of drug-likeness (QED) is 0.602. The Morgan fingerprint density at radius 3 is 2.83 bits per heavy atom. The number of hydrogen-bond acceptors (Lipinski definition) is 3. The van der Waals surface area contributed by atoms with Crippen LogP contribution in [0.2, 0.25) is 0 Å². The van der Waals surface area contributed by atoms with E-state index >= 15 is 0 Å². The fourth-order valence-electron chi connectivity index (χ4n) is 1.93. The molecule has 0 fully saturated rings. The summed E-state index contributed by atoms with van der Waals surface area (Å²) < 4.78 is 10.5. The van der Waals surface area contributed by atoms with Crippen LogP contribution >= 0.6 is 0 Å². The van der Waals surface area contributed by atoms with Gasteiger partial charge in [-0.2, -0.15) is 0 Å². The van der Waals surface area contributed by atoms with Crippen LogP contribution in [0.4, 0.5) is 0 Å². The molecule has 18 heavy (non-hydrogen) atoms. The lowest BCUT2D eigenvalue weighted by Crippen LogP contribution is -2.03. The molecular formula is C15H18O3. The molecule has 0 bridgehead atoms. The largest absolute Gasteiger partial charge is 0.469 e. The number of allylic oxidation sites excluding steroid dienone is 2. The summed E-state index contributed by atoms with van der Waals surface area (Å²) in [6, 6.07) is 1.96.